The van der Waals surface area contributed by atoms with Gasteiger partial charge in [0, 0.05) is 25.2 Å². The first-order chi connectivity index (χ1) is 12.0. The molecule has 2 heterocycles. The highest BCUT2D eigenvalue weighted by atomic mass is 16.1. The summed E-state index contributed by atoms with van der Waals surface area (Å²) in [5, 5.41) is 18.2. The lowest BCUT2D eigenvalue weighted by atomic mass is 9.78. The van der Waals surface area contributed by atoms with Gasteiger partial charge in [-0.25, -0.2) is 4.98 Å². The summed E-state index contributed by atoms with van der Waals surface area (Å²) in [6.45, 7) is 2.10. The SMILES string of the molecule is CC(C1CCC(C(=O)Nc2ccnc3[nH]ncc23)CC1)N(C)C(=N)N. The Bertz CT molecular complexity index is 763. The second kappa shape index (κ2) is 7.08. The Morgan fingerprint density at radius 2 is 2.16 bits per heavy atom. The fourth-order valence-corrected chi connectivity index (χ4v) is 3.59. The van der Waals surface area contributed by atoms with Gasteiger partial charge in [0.1, 0.15) is 0 Å². The predicted octanol–water partition coefficient (Wildman–Crippen LogP) is 1.92. The van der Waals surface area contributed by atoms with Crippen LogP contribution in [0.5, 0.6) is 0 Å². The topological polar surface area (TPSA) is 124 Å². The van der Waals surface area contributed by atoms with E-state index in [1.165, 1.54) is 0 Å². The average molecular weight is 343 g/mol. The van der Waals surface area contributed by atoms with Gasteiger partial charge in [-0.3, -0.25) is 15.3 Å². The van der Waals surface area contributed by atoms with Crippen molar-refractivity contribution in [3.8, 4) is 0 Å². The lowest BCUT2D eigenvalue weighted by Crippen LogP contribution is -2.44. The molecule has 0 radical (unpaired) electrons. The van der Waals surface area contributed by atoms with E-state index in [0.717, 1.165) is 36.8 Å². The number of aromatic nitrogens is 3. The highest BCUT2D eigenvalue weighted by Crippen LogP contribution is 2.33. The smallest absolute Gasteiger partial charge is 0.227 e. The molecule has 1 aliphatic rings. The van der Waals surface area contributed by atoms with Gasteiger partial charge >= 0.3 is 0 Å². The Balaban J connectivity index is 1.58. The highest BCUT2D eigenvalue weighted by Gasteiger charge is 2.31. The Labute approximate surface area is 146 Å². The van der Waals surface area contributed by atoms with Crippen LogP contribution in [0.2, 0.25) is 0 Å². The van der Waals surface area contributed by atoms with Gasteiger partial charge in [0.15, 0.2) is 11.6 Å². The van der Waals surface area contributed by atoms with Crippen LogP contribution in [0.1, 0.15) is 32.6 Å². The van der Waals surface area contributed by atoms with Crippen molar-refractivity contribution in [2.24, 2.45) is 17.6 Å². The summed E-state index contributed by atoms with van der Waals surface area (Å²) < 4.78 is 0. The van der Waals surface area contributed by atoms with Crippen molar-refractivity contribution >= 4 is 28.6 Å². The lowest BCUT2D eigenvalue weighted by Gasteiger charge is -2.36. The molecule has 2 aromatic rings. The summed E-state index contributed by atoms with van der Waals surface area (Å²) >= 11 is 0. The van der Waals surface area contributed by atoms with Gasteiger partial charge < -0.3 is 16.0 Å². The van der Waals surface area contributed by atoms with Crippen molar-refractivity contribution in [3.63, 3.8) is 0 Å². The van der Waals surface area contributed by atoms with Gasteiger partial charge in [-0.15, -0.1) is 0 Å². The molecule has 25 heavy (non-hydrogen) atoms. The number of hydrogen-bond acceptors (Lipinski definition) is 4. The number of nitrogens with two attached hydrogens (primary N) is 1. The normalized spacial score (nSPS) is 21.7. The molecule has 1 saturated carbocycles. The third-order valence-corrected chi connectivity index (χ3v) is 5.43. The molecule has 1 aliphatic carbocycles. The van der Waals surface area contributed by atoms with E-state index in [1.807, 2.05) is 7.05 Å². The summed E-state index contributed by atoms with van der Waals surface area (Å²) in [6, 6.07) is 2.01. The van der Waals surface area contributed by atoms with Crippen molar-refractivity contribution in [1.82, 2.24) is 20.1 Å². The fraction of sp³-hybridized carbons (Fsp3) is 0.529. The minimum Gasteiger partial charge on any atom is -0.370 e. The van der Waals surface area contributed by atoms with Crippen molar-refractivity contribution in [2.75, 3.05) is 12.4 Å². The van der Waals surface area contributed by atoms with Crippen molar-refractivity contribution in [1.29, 1.82) is 5.41 Å². The zero-order chi connectivity index (χ0) is 18.0. The molecule has 8 heteroatoms. The maximum Gasteiger partial charge on any atom is 0.227 e. The van der Waals surface area contributed by atoms with Crippen molar-refractivity contribution in [3.05, 3.63) is 18.5 Å². The number of carbonyl (C=O) groups excluding carboxylic acids is 1. The van der Waals surface area contributed by atoms with Gasteiger partial charge in [-0.2, -0.15) is 5.10 Å². The number of H-pyrrole nitrogens is 1. The van der Waals surface area contributed by atoms with Crippen LogP contribution >= 0.6 is 0 Å². The molecule has 1 amide bonds. The Kier molecular flexibility index (Phi) is 4.87. The first-order valence-corrected chi connectivity index (χ1v) is 8.63. The van der Waals surface area contributed by atoms with Gasteiger partial charge in [-0.05, 0) is 44.6 Å². The number of rotatable bonds is 4. The van der Waals surface area contributed by atoms with Crippen LogP contribution in [0.4, 0.5) is 5.69 Å². The van der Waals surface area contributed by atoms with E-state index in [-0.39, 0.29) is 23.8 Å². The van der Waals surface area contributed by atoms with Crippen LogP contribution in [0, 0.1) is 17.2 Å². The number of nitrogens with one attached hydrogen (secondary N) is 3. The Morgan fingerprint density at radius 1 is 1.44 bits per heavy atom. The maximum absolute atomic E-state index is 12.6. The molecule has 0 saturated heterocycles. The summed E-state index contributed by atoms with van der Waals surface area (Å²) in [7, 11) is 1.85. The number of nitrogens with zero attached hydrogens (tertiary/aromatic N) is 3. The van der Waals surface area contributed by atoms with E-state index in [1.54, 1.807) is 23.4 Å². The van der Waals surface area contributed by atoms with Crippen LogP contribution < -0.4 is 11.1 Å². The second-order valence-electron chi connectivity index (χ2n) is 6.83. The monoisotopic (exact) mass is 343 g/mol. The number of fused-ring (bicyclic) bond motifs is 1. The minimum atomic E-state index is 0.0150. The molecule has 134 valence electrons. The number of carbonyl (C=O) groups is 1. The van der Waals surface area contributed by atoms with Crippen LogP contribution in [0.15, 0.2) is 18.5 Å². The number of guanidine groups is 1. The van der Waals surface area contributed by atoms with Crippen LogP contribution in [-0.2, 0) is 4.79 Å². The maximum atomic E-state index is 12.6. The minimum absolute atomic E-state index is 0.0150. The van der Waals surface area contributed by atoms with E-state index >= 15 is 0 Å². The van der Waals surface area contributed by atoms with Crippen molar-refractivity contribution in [2.45, 2.75) is 38.6 Å². The fourth-order valence-electron chi connectivity index (χ4n) is 3.59. The molecule has 2 aromatic heterocycles. The second-order valence-corrected chi connectivity index (χ2v) is 6.83. The Hall–Kier alpha value is -2.64. The van der Waals surface area contributed by atoms with Gasteiger partial charge in [0.2, 0.25) is 5.91 Å². The van der Waals surface area contributed by atoms with E-state index in [2.05, 4.69) is 27.4 Å². The number of hydrogen-bond donors (Lipinski definition) is 4. The Morgan fingerprint density at radius 3 is 2.84 bits per heavy atom. The quantitative estimate of drug-likeness (QED) is 0.499. The molecular formula is C17H25N7O. The zero-order valence-electron chi connectivity index (χ0n) is 14.6. The molecule has 8 nitrogen and oxygen atoms in total. The molecule has 5 N–H and O–H groups in total. The van der Waals surface area contributed by atoms with Crippen LogP contribution in [0.25, 0.3) is 11.0 Å². The van der Waals surface area contributed by atoms with E-state index in [0.29, 0.717) is 11.6 Å². The third kappa shape index (κ3) is 3.57. The molecule has 1 atom stereocenters. The largest absolute Gasteiger partial charge is 0.370 e. The molecule has 0 aliphatic heterocycles. The predicted molar refractivity (Wildman–Crippen MR) is 97.1 cm³/mol. The standard InChI is InChI=1S/C17H25N7O/c1-10(24(2)17(18)19)11-3-5-12(6-4-11)16(25)22-14-7-8-20-15-13(14)9-21-23-15/h7-12H,3-6H2,1-2H3,(H3,18,19)(H2,20,21,22,23,25). The molecular weight excluding hydrogens is 318 g/mol. The molecule has 0 bridgehead atoms. The van der Waals surface area contributed by atoms with Crippen LogP contribution in [-0.4, -0.2) is 45.0 Å². The lowest BCUT2D eigenvalue weighted by molar-refractivity contribution is -0.121. The third-order valence-electron chi connectivity index (χ3n) is 5.43. The molecule has 1 unspecified atom stereocenters. The van der Waals surface area contributed by atoms with Gasteiger partial charge in [0.05, 0.1) is 17.3 Å². The number of anilines is 1. The van der Waals surface area contributed by atoms with Gasteiger partial charge in [0.25, 0.3) is 0 Å². The average Bonchev–Trinajstić information content (AvgIpc) is 3.10. The molecule has 0 aromatic carbocycles. The van der Waals surface area contributed by atoms with Gasteiger partial charge in [-0.1, -0.05) is 0 Å². The summed E-state index contributed by atoms with van der Waals surface area (Å²) in [5.74, 6) is 0.620. The number of aromatic amines is 1. The first kappa shape index (κ1) is 17.2. The highest BCUT2D eigenvalue weighted by molar-refractivity contribution is 6.00. The molecule has 0 spiro atoms. The van der Waals surface area contributed by atoms with Crippen LogP contribution in [0.3, 0.4) is 0 Å². The zero-order valence-corrected chi connectivity index (χ0v) is 14.6. The van der Waals surface area contributed by atoms with E-state index < -0.39 is 0 Å². The van der Waals surface area contributed by atoms with E-state index in [4.69, 9.17) is 11.1 Å². The summed E-state index contributed by atoms with van der Waals surface area (Å²) in [4.78, 5) is 18.6. The number of amides is 1. The van der Waals surface area contributed by atoms with E-state index in [9.17, 15) is 4.79 Å². The van der Waals surface area contributed by atoms with Crippen molar-refractivity contribution < 1.29 is 4.79 Å². The molecule has 1 fully saturated rings. The summed E-state index contributed by atoms with van der Waals surface area (Å²) in [6.07, 6.45) is 6.97. The first-order valence-electron chi connectivity index (χ1n) is 8.63. The number of pyridine rings is 1. The summed E-state index contributed by atoms with van der Waals surface area (Å²) in [5.41, 5.74) is 6.99. The molecule has 3 rings (SSSR count).